The molecule has 0 aromatic heterocycles. The highest BCUT2D eigenvalue weighted by molar-refractivity contribution is 7.89. The van der Waals surface area contributed by atoms with E-state index in [2.05, 4.69) is 10.0 Å². The Hall–Kier alpha value is -2.29. The third-order valence-electron chi connectivity index (χ3n) is 11.7. The number of cyclic esters (lactones) is 1. The molecule has 1 aromatic rings. The molecule has 0 saturated carbocycles. The van der Waals surface area contributed by atoms with Gasteiger partial charge < -0.3 is 54.2 Å². The first-order chi connectivity index (χ1) is 26.0. The van der Waals surface area contributed by atoms with Gasteiger partial charge in [0.2, 0.25) is 15.9 Å². The highest BCUT2D eigenvalue weighted by atomic mass is 32.2. The van der Waals surface area contributed by atoms with E-state index in [0.717, 1.165) is 0 Å². The summed E-state index contributed by atoms with van der Waals surface area (Å²) in [4.78, 5) is 27.5. The van der Waals surface area contributed by atoms with Crippen molar-refractivity contribution in [3.05, 3.63) is 30.3 Å². The SMILES string of the molecule is CC[C@H]1OC(=O)[C@H](C)[C@@H](O[C@H]2C[C@@](C)(OC)[C@@H](O)[C@H](C)O2)[C@H](C)[C@@H](O[C@@H]2O[C@H](C)C[C@H](NS(=O)(=O)c3ccccc3)[C@H]2O)[C@](C)(O)C[C@@H](C)C(=O)NC[C@]1(C)O. The Labute approximate surface area is 330 Å². The Kier molecular flexibility index (Phi) is 15.2. The number of sulfonamides is 1. The van der Waals surface area contributed by atoms with Crippen molar-refractivity contribution in [2.75, 3.05) is 13.7 Å². The van der Waals surface area contributed by atoms with Crippen LogP contribution in [0.4, 0.5) is 0 Å². The molecule has 0 radical (unpaired) electrons. The fourth-order valence-electron chi connectivity index (χ4n) is 8.18. The Bertz CT molecular complexity index is 1580. The van der Waals surface area contributed by atoms with Gasteiger partial charge in [-0.05, 0) is 72.9 Å². The molecule has 3 aliphatic rings. The van der Waals surface area contributed by atoms with E-state index in [9.17, 15) is 38.4 Å². The van der Waals surface area contributed by atoms with Gasteiger partial charge in [-0.3, -0.25) is 9.59 Å². The number of hydrogen-bond donors (Lipinski definition) is 6. The minimum atomic E-state index is -4.07. The van der Waals surface area contributed by atoms with Gasteiger partial charge in [0.25, 0.3) is 0 Å². The molecule has 3 heterocycles. The van der Waals surface area contributed by atoms with Crippen molar-refractivity contribution in [1.82, 2.24) is 10.0 Å². The molecule has 0 bridgehead atoms. The summed E-state index contributed by atoms with van der Waals surface area (Å²) < 4.78 is 66.2. The maximum Gasteiger partial charge on any atom is 0.311 e. The van der Waals surface area contributed by atoms with Crippen molar-refractivity contribution >= 4 is 21.9 Å². The summed E-state index contributed by atoms with van der Waals surface area (Å²) in [6, 6.07) is 6.64. The van der Waals surface area contributed by atoms with Gasteiger partial charge in [0.1, 0.15) is 23.9 Å². The molecule has 3 aliphatic heterocycles. The average molecular weight is 817 g/mol. The molecule has 3 fully saturated rings. The molecule has 0 aliphatic carbocycles. The zero-order chi connectivity index (χ0) is 42.0. The number of hydrogen-bond acceptors (Lipinski definition) is 14. The van der Waals surface area contributed by atoms with Gasteiger partial charge in [0.15, 0.2) is 12.6 Å². The number of esters is 1. The number of aliphatic hydroxyl groups is 4. The van der Waals surface area contributed by atoms with Gasteiger partial charge in [-0.2, -0.15) is 0 Å². The van der Waals surface area contributed by atoms with E-state index in [0.29, 0.717) is 0 Å². The summed E-state index contributed by atoms with van der Waals surface area (Å²) >= 11 is 0. The van der Waals surface area contributed by atoms with Crippen molar-refractivity contribution < 1.29 is 66.9 Å². The quantitative estimate of drug-likeness (QED) is 0.195. The van der Waals surface area contributed by atoms with E-state index in [1.807, 2.05) is 0 Å². The maximum absolute atomic E-state index is 14.1. The van der Waals surface area contributed by atoms with E-state index < -0.39 is 118 Å². The predicted octanol–water partition coefficient (Wildman–Crippen LogP) is 1.75. The Morgan fingerprint density at radius 3 is 2.20 bits per heavy atom. The number of benzene rings is 1. The molecule has 0 spiro atoms. The second-order valence-corrected chi connectivity index (χ2v) is 18.4. The number of ether oxygens (including phenoxy) is 6. The summed E-state index contributed by atoms with van der Waals surface area (Å²) in [6.07, 6.45) is -9.82. The van der Waals surface area contributed by atoms with E-state index in [4.69, 9.17) is 28.4 Å². The molecule has 0 unspecified atom stereocenters. The minimum Gasteiger partial charge on any atom is -0.459 e. The lowest BCUT2D eigenvalue weighted by Crippen LogP contribution is -2.61. The lowest BCUT2D eigenvalue weighted by Gasteiger charge is -2.48. The summed E-state index contributed by atoms with van der Waals surface area (Å²) in [5.74, 6) is -4.13. The molecule has 56 heavy (non-hydrogen) atoms. The molecule has 320 valence electrons. The number of carbonyl (C=O) groups is 2. The number of methoxy groups -OCH3 is 1. The number of aliphatic hydroxyl groups excluding tert-OH is 2. The Morgan fingerprint density at radius 2 is 1.59 bits per heavy atom. The van der Waals surface area contributed by atoms with E-state index >= 15 is 0 Å². The van der Waals surface area contributed by atoms with Gasteiger partial charge in [-0.25, -0.2) is 13.1 Å². The number of β-amino-alcohol motifs (C(OH)–C–C–N with tert-alkyl or cyclic N) is 1. The highest BCUT2D eigenvalue weighted by Gasteiger charge is 2.52. The van der Waals surface area contributed by atoms with Gasteiger partial charge in [-0.1, -0.05) is 39.0 Å². The molecular formula is C39H64N2O14S. The first kappa shape index (κ1) is 46.4. The van der Waals surface area contributed by atoms with Crippen LogP contribution in [0.15, 0.2) is 35.2 Å². The third-order valence-corrected chi connectivity index (χ3v) is 13.2. The molecule has 3 saturated heterocycles. The van der Waals surface area contributed by atoms with Crippen LogP contribution in [0.25, 0.3) is 0 Å². The van der Waals surface area contributed by atoms with Gasteiger partial charge in [0.05, 0.1) is 52.5 Å². The lowest BCUT2D eigenvalue weighted by molar-refractivity contribution is -0.315. The van der Waals surface area contributed by atoms with Crippen LogP contribution in [0, 0.1) is 17.8 Å². The molecular weight excluding hydrogens is 752 g/mol. The van der Waals surface area contributed by atoms with Crippen LogP contribution in [0.2, 0.25) is 0 Å². The second kappa shape index (κ2) is 18.3. The second-order valence-electron chi connectivity index (χ2n) is 16.7. The van der Waals surface area contributed by atoms with Gasteiger partial charge in [-0.15, -0.1) is 0 Å². The predicted molar refractivity (Wildman–Crippen MR) is 202 cm³/mol. The molecule has 16 atom stereocenters. The summed E-state index contributed by atoms with van der Waals surface area (Å²) in [7, 11) is -2.61. The molecule has 6 N–H and O–H groups in total. The summed E-state index contributed by atoms with van der Waals surface area (Å²) in [5, 5.41) is 49.0. The maximum atomic E-state index is 14.1. The average Bonchev–Trinajstić information content (AvgIpc) is 3.13. The van der Waals surface area contributed by atoms with Crippen LogP contribution in [0.1, 0.15) is 88.0 Å². The molecule has 1 aromatic carbocycles. The first-order valence-corrected chi connectivity index (χ1v) is 21.0. The van der Waals surface area contributed by atoms with E-state index in [1.165, 1.54) is 33.1 Å². The standard InChI is InChI=1S/C39H64N2O14S/c1-11-28-38(8,47)20-40-34(44)21(2)18-37(7,46)33(55-36-30(42)27(17-22(3)51-36)41-56(48,49)26-15-13-12-14-16-26)23(4)31(24(5)35(45)53-28)54-29-19-39(9,50-10)32(43)25(6)52-29/h12-16,21-25,27-33,36,41-43,46-47H,11,17-20H2,1-10H3,(H,40,44)/t21-,22-,23+,24-,25+,27+,28-,29+,30-,31+,32+,33-,36+,37-,38+,39-/m1/s1. The third kappa shape index (κ3) is 10.7. The highest BCUT2D eigenvalue weighted by Crippen LogP contribution is 2.39. The number of rotatable bonds is 9. The smallest absolute Gasteiger partial charge is 0.311 e. The summed E-state index contributed by atoms with van der Waals surface area (Å²) in [6.45, 7) is 14.3. The van der Waals surface area contributed by atoms with Gasteiger partial charge in [0, 0.05) is 31.9 Å². The molecule has 17 heteroatoms. The zero-order valence-corrected chi connectivity index (χ0v) is 35.0. The normalized spacial score (nSPS) is 43.6. The van der Waals surface area contributed by atoms with Crippen LogP contribution < -0.4 is 10.0 Å². The Morgan fingerprint density at radius 1 is 0.946 bits per heavy atom. The van der Waals surface area contributed by atoms with E-state index in [1.54, 1.807) is 66.7 Å². The van der Waals surface area contributed by atoms with Crippen LogP contribution in [-0.4, -0.2) is 133 Å². The van der Waals surface area contributed by atoms with Gasteiger partial charge >= 0.3 is 5.97 Å². The first-order valence-electron chi connectivity index (χ1n) is 19.5. The van der Waals surface area contributed by atoms with Crippen molar-refractivity contribution in [2.24, 2.45) is 17.8 Å². The van der Waals surface area contributed by atoms with Crippen LogP contribution in [0.5, 0.6) is 0 Å². The monoisotopic (exact) mass is 816 g/mol. The van der Waals surface area contributed by atoms with E-state index in [-0.39, 0.29) is 37.1 Å². The van der Waals surface area contributed by atoms with Crippen molar-refractivity contribution in [1.29, 1.82) is 0 Å². The van der Waals surface area contributed by atoms with Crippen LogP contribution in [0.3, 0.4) is 0 Å². The Balaban J connectivity index is 1.77. The van der Waals surface area contributed by atoms with Crippen LogP contribution in [-0.2, 0) is 48.0 Å². The fourth-order valence-corrected chi connectivity index (χ4v) is 9.47. The van der Waals surface area contributed by atoms with Crippen molar-refractivity contribution in [3.8, 4) is 0 Å². The summed E-state index contributed by atoms with van der Waals surface area (Å²) in [5.41, 5.74) is -4.63. The zero-order valence-electron chi connectivity index (χ0n) is 34.2. The number of nitrogens with one attached hydrogen (secondary N) is 2. The largest absolute Gasteiger partial charge is 0.459 e. The van der Waals surface area contributed by atoms with Crippen molar-refractivity contribution in [2.45, 2.75) is 171 Å². The van der Waals surface area contributed by atoms with Crippen LogP contribution >= 0.6 is 0 Å². The molecule has 4 rings (SSSR count). The van der Waals surface area contributed by atoms with Crippen molar-refractivity contribution in [3.63, 3.8) is 0 Å². The topological polar surface area (TPSA) is 229 Å². The number of carbonyl (C=O) groups excluding carboxylic acids is 2. The lowest BCUT2D eigenvalue weighted by atomic mass is 9.77. The minimum absolute atomic E-state index is 0.00250. The number of amides is 1. The molecule has 16 nitrogen and oxygen atoms in total. The molecule has 1 amide bonds. The fraction of sp³-hybridized carbons (Fsp3) is 0.795.